The van der Waals surface area contributed by atoms with E-state index in [-0.39, 0.29) is 18.3 Å². The second kappa shape index (κ2) is 6.17. The maximum absolute atomic E-state index is 12.6. The highest BCUT2D eigenvalue weighted by molar-refractivity contribution is 5.66. The lowest BCUT2D eigenvalue weighted by atomic mass is 10.2. The summed E-state index contributed by atoms with van der Waals surface area (Å²) in [4.78, 5) is 14.2. The van der Waals surface area contributed by atoms with E-state index in [0.29, 0.717) is 13.0 Å². The van der Waals surface area contributed by atoms with Crippen molar-refractivity contribution in [1.29, 1.82) is 0 Å². The van der Waals surface area contributed by atoms with E-state index >= 15 is 0 Å². The molecular formula is C11H15FN2O2. The summed E-state index contributed by atoms with van der Waals surface area (Å²) in [6, 6.07) is 2.97. The zero-order chi connectivity index (χ0) is 12.0. The zero-order valence-corrected chi connectivity index (χ0v) is 9.11. The van der Waals surface area contributed by atoms with Gasteiger partial charge in [0.15, 0.2) is 0 Å². The molecule has 0 spiro atoms. The molecule has 0 bridgehead atoms. The van der Waals surface area contributed by atoms with Crippen LogP contribution in [0.2, 0.25) is 0 Å². The summed E-state index contributed by atoms with van der Waals surface area (Å²) in [5.74, 6) is -1.16. The predicted octanol–water partition coefficient (Wildman–Crippen LogP) is 1.74. The number of hydrogen-bond donors (Lipinski definition) is 2. The van der Waals surface area contributed by atoms with Crippen molar-refractivity contribution in [2.45, 2.75) is 25.8 Å². The molecule has 1 aromatic rings. The van der Waals surface area contributed by atoms with Crippen LogP contribution < -0.4 is 5.32 Å². The van der Waals surface area contributed by atoms with Gasteiger partial charge in [-0.15, -0.1) is 0 Å². The third-order valence-electron chi connectivity index (χ3n) is 2.21. The lowest BCUT2D eigenvalue weighted by molar-refractivity contribution is -0.137. The van der Waals surface area contributed by atoms with E-state index in [4.69, 9.17) is 5.11 Å². The Morgan fingerprint density at radius 2 is 2.38 bits per heavy atom. The fraction of sp³-hybridized carbons (Fsp3) is 0.455. The summed E-state index contributed by atoms with van der Waals surface area (Å²) in [6.45, 7) is 2.51. The van der Waals surface area contributed by atoms with Gasteiger partial charge in [-0.3, -0.25) is 9.78 Å². The minimum absolute atomic E-state index is 0.00519. The molecule has 0 fully saturated rings. The van der Waals surface area contributed by atoms with Crippen molar-refractivity contribution in [1.82, 2.24) is 10.3 Å². The lowest BCUT2D eigenvalue weighted by Crippen LogP contribution is -2.21. The highest BCUT2D eigenvalue weighted by Gasteiger charge is 2.06. The number of aromatic nitrogens is 1. The Labute approximate surface area is 93.5 Å². The fourth-order valence-electron chi connectivity index (χ4n) is 1.31. The van der Waals surface area contributed by atoms with Crippen molar-refractivity contribution < 1.29 is 14.3 Å². The van der Waals surface area contributed by atoms with E-state index in [1.807, 2.05) is 6.92 Å². The third kappa shape index (κ3) is 4.35. The van der Waals surface area contributed by atoms with Crippen LogP contribution in [0.4, 0.5) is 4.39 Å². The van der Waals surface area contributed by atoms with Crippen molar-refractivity contribution in [3.05, 3.63) is 29.8 Å². The molecule has 0 aliphatic heterocycles. The average molecular weight is 226 g/mol. The van der Waals surface area contributed by atoms with Crippen LogP contribution in [-0.2, 0) is 4.79 Å². The van der Waals surface area contributed by atoms with E-state index in [9.17, 15) is 9.18 Å². The first-order chi connectivity index (χ1) is 7.59. The van der Waals surface area contributed by atoms with Crippen LogP contribution in [0.25, 0.3) is 0 Å². The second-order valence-electron chi connectivity index (χ2n) is 3.57. The zero-order valence-electron chi connectivity index (χ0n) is 9.11. The molecule has 0 aromatic carbocycles. The highest BCUT2D eigenvalue weighted by Crippen LogP contribution is 2.09. The van der Waals surface area contributed by atoms with Crippen molar-refractivity contribution in [2.75, 3.05) is 6.54 Å². The maximum Gasteiger partial charge on any atom is 0.303 e. The molecule has 5 heteroatoms. The molecule has 0 amide bonds. The number of rotatable bonds is 6. The topological polar surface area (TPSA) is 62.2 Å². The van der Waals surface area contributed by atoms with Gasteiger partial charge < -0.3 is 10.4 Å². The van der Waals surface area contributed by atoms with Crippen LogP contribution in [0.1, 0.15) is 31.5 Å². The van der Waals surface area contributed by atoms with Crippen molar-refractivity contribution in [3.8, 4) is 0 Å². The Morgan fingerprint density at radius 3 is 2.94 bits per heavy atom. The third-order valence-corrected chi connectivity index (χ3v) is 2.21. The quantitative estimate of drug-likeness (QED) is 0.725. The van der Waals surface area contributed by atoms with Gasteiger partial charge in [0.1, 0.15) is 5.82 Å². The Balaban J connectivity index is 2.32. The number of carboxylic acids is 1. The molecule has 4 nitrogen and oxygen atoms in total. The van der Waals surface area contributed by atoms with Crippen LogP contribution in [-0.4, -0.2) is 22.6 Å². The van der Waals surface area contributed by atoms with Gasteiger partial charge in [-0.25, -0.2) is 4.39 Å². The van der Waals surface area contributed by atoms with Gasteiger partial charge in [0, 0.05) is 12.5 Å². The molecule has 0 aliphatic rings. The van der Waals surface area contributed by atoms with Gasteiger partial charge in [0.25, 0.3) is 0 Å². The standard InChI is InChI=1S/C11H15FN2O2/c1-8(13-6-2-3-11(15)16)10-5-4-9(12)7-14-10/h4-5,7-8,13H,2-3,6H2,1H3,(H,15,16). The van der Waals surface area contributed by atoms with Crippen molar-refractivity contribution in [3.63, 3.8) is 0 Å². The molecule has 2 N–H and O–H groups in total. The first-order valence-corrected chi connectivity index (χ1v) is 5.16. The summed E-state index contributed by atoms with van der Waals surface area (Å²) < 4.78 is 12.6. The lowest BCUT2D eigenvalue weighted by Gasteiger charge is -2.12. The number of pyridine rings is 1. The molecule has 1 atom stereocenters. The maximum atomic E-state index is 12.6. The molecule has 88 valence electrons. The van der Waals surface area contributed by atoms with E-state index in [1.54, 1.807) is 6.07 Å². The van der Waals surface area contributed by atoms with Gasteiger partial charge in [0.2, 0.25) is 0 Å². The molecule has 1 rings (SSSR count). The van der Waals surface area contributed by atoms with E-state index in [1.165, 1.54) is 12.3 Å². The summed E-state index contributed by atoms with van der Waals surface area (Å²) in [6.07, 6.45) is 1.89. The van der Waals surface area contributed by atoms with Crippen LogP contribution in [0.15, 0.2) is 18.3 Å². The molecule has 1 heterocycles. The molecule has 1 aromatic heterocycles. The Kier molecular flexibility index (Phi) is 4.85. The van der Waals surface area contributed by atoms with E-state index in [2.05, 4.69) is 10.3 Å². The number of carbonyl (C=O) groups is 1. The van der Waals surface area contributed by atoms with Crippen LogP contribution in [0.5, 0.6) is 0 Å². The Bertz CT molecular complexity index is 340. The predicted molar refractivity (Wildman–Crippen MR) is 57.5 cm³/mol. The summed E-state index contributed by atoms with van der Waals surface area (Å²) >= 11 is 0. The summed E-state index contributed by atoms with van der Waals surface area (Å²) in [7, 11) is 0. The van der Waals surface area contributed by atoms with E-state index < -0.39 is 5.97 Å². The number of nitrogens with one attached hydrogen (secondary N) is 1. The smallest absolute Gasteiger partial charge is 0.303 e. The Morgan fingerprint density at radius 1 is 1.62 bits per heavy atom. The second-order valence-corrected chi connectivity index (χ2v) is 3.57. The minimum Gasteiger partial charge on any atom is -0.481 e. The first kappa shape index (κ1) is 12.6. The SMILES string of the molecule is CC(NCCCC(=O)O)c1ccc(F)cn1. The molecule has 16 heavy (non-hydrogen) atoms. The van der Waals surface area contributed by atoms with Gasteiger partial charge >= 0.3 is 5.97 Å². The number of carboxylic acid groups (broad SMARTS) is 1. The van der Waals surface area contributed by atoms with Crippen LogP contribution in [0, 0.1) is 5.82 Å². The molecule has 1 unspecified atom stereocenters. The van der Waals surface area contributed by atoms with Gasteiger partial charge in [-0.2, -0.15) is 0 Å². The molecular weight excluding hydrogens is 211 g/mol. The highest BCUT2D eigenvalue weighted by atomic mass is 19.1. The monoisotopic (exact) mass is 226 g/mol. The molecule has 0 radical (unpaired) electrons. The largest absolute Gasteiger partial charge is 0.481 e. The van der Waals surface area contributed by atoms with Crippen molar-refractivity contribution >= 4 is 5.97 Å². The number of halogens is 1. The summed E-state index contributed by atoms with van der Waals surface area (Å²) in [5.41, 5.74) is 0.747. The average Bonchev–Trinajstić information content (AvgIpc) is 2.25. The van der Waals surface area contributed by atoms with Gasteiger partial charge in [0.05, 0.1) is 11.9 Å². The number of nitrogens with zero attached hydrogens (tertiary/aromatic N) is 1. The van der Waals surface area contributed by atoms with E-state index in [0.717, 1.165) is 5.69 Å². The van der Waals surface area contributed by atoms with Crippen LogP contribution in [0.3, 0.4) is 0 Å². The first-order valence-electron chi connectivity index (χ1n) is 5.16. The van der Waals surface area contributed by atoms with Crippen molar-refractivity contribution in [2.24, 2.45) is 0 Å². The Hall–Kier alpha value is -1.49. The fourth-order valence-corrected chi connectivity index (χ4v) is 1.31. The number of aliphatic carboxylic acids is 1. The van der Waals surface area contributed by atoms with Crippen LogP contribution >= 0.6 is 0 Å². The molecule has 0 saturated carbocycles. The van der Waals surface area contributed by atoms with Gasteiger partial charge in [-0.1, -0.05) is 0 Å². The normalized spacial score (nSPS) is 12.4. The van der Waals surface area contributed by atoms with Gasteiger partial charge in [-0.05, 0) is 32.0 Å². The molecule has 0 saturated heterocycles. The number of hydrogen-bond acceptors (Lipinski definition) is 3. The summed E-state index contributed by atoms with van der Waals surface area (Å²) in [5, 5.41) is 11.6. The minimum atomic E-state index is -0.797. The molecule has 0 aliphatic carbocycles.